The Morgan fingerprint density at radius 1 is 0.975 bits per heavy atom. The maximum Gasteiger partial charge on any atom is 0.339 e. The fourth-order valence-electron chi connectivity index (χ4n) is 6.20. The summed E-state index contributed by atoms with van der Waals surface area (Å²) in [7, 11) is -2.70. The molecule has 0 N–H and O–H groups in total. The molecule has 0 radical (unpaired) electrons. The molecule has 0 spiro atoms. The van der Waals surface area contributed by atoms with Gasteiger partial charge in [-0.1, -0.05) is 29.8 Å². The average Bonchev–Trinajstić information content (AvgIpc) is 2.93. The van der Waals surface area contributed by atoms with Crippen molar-refractivity contribution in [2.75, 3.05) is 13.7 Å². The second-order valence-corrected chi connectivity index (χ2v) is 12.1. The lowest BCUT2D eigenvalue weighted by molar-refractivity contribution is -0.117. The molecule has 2 aromatic carbocycles. The third kappa shape index (κ3) is 4.89. The van der Waals surface area contributed by atoms with Crippen LogP contribution in [0.3, 0.4) is 0 Å². The quantitative estimate of drug-likeness (QED) is 0.291. The molecule has 1 heterocycles. The second-order valence-electron chi connectivity index (χ2n) is 10.5. The van der Waals surface area contributed by atoms with Gasteiger partial charge in [-0.25, -0.2) is 0 Å². The fraction of sp³-hybridized carbons (Fsp3) is 0.375. The molecule has 3 aliphatic rings. The van der Waals surface area contributed by atoms with Crippen molar-refractivity contribution in [3.05, 3.63) is 88.3 Å². The Hall–Kier alpha value is -3.65. The zero-order chi connectivity index (χ0) is 28.6. The van der Waals surface area contributed by atoms with E-state index < -0.39 is 16.0 Å². The Labute approximate surface area is 236 Å². The summed E-state index contributed by atoms with van der Waals surface area (Å²) in [4.78, 5) is 29.2. The number of Topliss-reactive ketones (excluding diaryl/α,β-unsaturated/α-hetero) is 2. The summed E-state index contributed by atoms with van der Waals surface area (Å²) in [6.45, 7) is 8.48. The van der Waals surface area contributed by atoms with E-state index in [1.54, 1.807) is 24.3 Å². The standard InChI is InChI=1S/C32H35NO6S/c1-5-9-21-18-22(19-28(38-4)32(21)39-40(36,37)23-16-14-20(3)15-17-23)29-30-24(10-7-12-26(30)34)33(6-2)25-11-8-13-27(35)31(25)29/h5,14-19,29H,1,6-13H2,2-4H3. The van der Waals surface area contributed by atoms with Crippen LogP contribution in [-0.2, 0) is 26.1 Å². The Kier molecular flexibility index (Phi) is 7.73. The van der Waals surface area contributed by atoms with Gasteiger partial charge in [-0.3, -0.25) is 9.59 Å². The van der Waals surface area contributed by atoms with Crippen LogP contribution in [0.1, 0.15) is 68.1 Å². The molecule has 2 aliphatic carbocycles. The first-order chi connectivity index (χ1) is 19.2. The van der Waals surface area contributed by atoms with Gasteiger partial charge < -0.3 is 13.8 Å². The van der Waals surface area contributed by atoms with Crippen molar-refractivity contribution in [2.24, 2.45) is 0 Å². The molecule has 0 aromatic heterocycles. The molecule has 7 nitrogen and oxygen atoms in total. The van der Waals surface area contributed by atoms with Gasteiger partial charge in [-0.05, 0) is 69.7 Å². The highest BCUT2D eigenvalue weighted by Crippen LogP contribution is 2.50. The van der Waals surface area contributed by atoms with Gasteiger partial charge in [-0.2, -0.15) is 8.42 Å². The summed E-state index contributed by atoms with van der Waals surface area (Å²) >= 11 is 0. The number of carbonyl (C=O) groups excluding carboxylic acids is 2. The van der Waals surface area contributed by atoms with Crippen LogP contribution in [-0.4, -0.2) is 38.5 Å². The van der Waals surface area contributed by atoms with Crippen LogP contribution < -0.4 is 8.92 Å². The molecular weight excluding hydrogens is 526 g/mol. The van der Waals surface area contributed by atoms with Crippen molar-refractivity contribution >= 4 is 21.7 Å². The van der Waals surface area contributed by atoms with Crippen LogP contribution in [0.5, 0.6) is 11.5 Å². The first-order valence-corrected chi connectivity index (χ1v) is 15.2. The van der Waals surface area contributed by atoms with Gasteiger partial charge in [0, 0.05) is 53.4 Å². The lowest BCUT2D eigenvalue weighted by atomic mass is 9.70. The van der Waals surface area contributed by atoms with E-state index in [1.165, 1.54) is 19.2 Å². The minimum Gasteiger partial charge on any atom is -0.493 e. The molecule has 0 unspecified atom stereocenters. The number of methoxy groups -OCH3 is 1. The van der Waals surface area contributed by atoms with Gasteiger partial charge in [0.2, 0.25) is 0 Å². The zero-order valence-corrected chi connectivity index (χ0v) is 24.1. The van der Waals surface area contributed by atoms with Crippen LogP contribution in [0.2, 0.25) is 0 Å². The number of ether oxygens (including phenoxy) is 1. The number of hydrogen-bond acceptors (Lipinski definition) is 7. The fourth-order valence-corrected chi connectivity index (χ4v) is 7.17. The largest absolute Gasteiger partial charge is 0.493 e. The summed E-state index contributed by atoms with van der Waals surface area (Å²) in [5.41, 5.74) is 5.56. The molecular formula is C32H35NO6S. The number of ketones is 2. The van der Waals surface area contributed by atoms with E-state index in [9.17, 15) is 18.0 Å². The van der Waals surface area contributed by atoms with E-state index in [1.807, 2.05) is 13.0 Å². The summed E-state index contributed by atoms with van der Waals surface area (Å²) in [5.74, 6) is -0.124. The van der Waals surface area contributed by atoms with Crippen LogP contribution in [0.15, 0.2) is 76.5 Å². The van der Waals surface area contributed by atoms with Crippen LogP contribution in [0.4, 0.5) is 0 Å². The highest BCUT2D eigenvalue weighted by Gasteiger charge is 2.43. The maximum absolute atomic E-state index is 13.5. The second kappa shape index (κ2) is 11.1. The molecule has 8 heteroatoms. The van der Waals surface area contributed by atoms with Crippen molar-refractivity contribution in [1.82, 2.24) is 4.90 Å². The highest BCUT2D eigenvalue weighted by atomic mass is 32.2. The molecule has 0 bridgehead atoms. The summed E-state index contributed by atoms with van der Waals surface area (Å²) in [6.07, 6.45) is 5.98. The van der Waals surface area contributed by atoms with Crippen molar-refractivity contribution in [2.45, 2.75) is 69.6 Å². The first-order valence-electron chi connectivity index (χ1n) is 13.8. The van der Waals surface area contributed by atoms with Crippen molar-refractivity contribution in [1.29, 1.82) is 0 Å². The molecule has 5 rings (SSSR count). The van der Waals surface area contributed by atoms with E-state index in [0.29, 0.717) is 42.5 Å². The first kappa shape index (κ1) is 27.9. The van der Waals surface area contributed by atoms with Crippen LogP contribution in [0, 0.1) is 6.92 Å². The maximum atomic E-state index is 13.5. The van der Waals surface area contributed by atoms with Gasteiger partial charge in [0.15, 0.2) is 23.1 Å². The molecule has 1 aliphatic heterocycles. The topological polar surface area (TPSA) is 90.0 Å². The van der Waals surface area contributed by atoms with E-state index in [0.717, 1.165) is 48.2 Å². The molecule has 0 saturated heterocycles. The lowest BCUT2D eigenvalue weighted by Gasteiger charge is -2.43. The van der Waals surface area contributed by atoms with Crippen molar-refractivity contribution in [3.63, 3.8) is 0 Å². The minimum atomic E-state index is -4.16. The Morgan fingerprint density at radius 2 is 1.57 bits per heavy atom. The molecule has 210 valence electrons. The molecule has 0 amide bonds. The number of aryl methyl sites for hydroxylation is 1. The third-order valence-electron chi connectivity index (χ3n) is 7.98. The van der Waals surface area contributed by atoms with E-state index in [-0.39, 0.29) is 28.0 Å². The molecule has 2 aromatic rings. The van der Waals surface area contributed by atoms with E-state index in [4.69, 9.17) is 8.92 Å². The number of carbonyl (C=O) groups is 2. The number of benzene rings is 2. The number of rotatable bonds is 8. The Morgan fingerprint density at radius 3 is 2.10 bits per heavy atom. The van der Waals surface area contributed by atoms with Gasteiger partial charge in [0.1, 0.15) is 4.90 Å². The third-order valence-corrected chi connectivity index (χ3v) is 9.21. The smallest absolute Gasteiger partial charge is 0.339 e. The lowest BCUT2D eigenvalue weighted by Crippen LogP contribution is -2.39. The minimum absolute atomic E-state index is 0.0333. The van der Waals surface area contributed by atoms with Gasteiger partial charge in [0.25, 0.3) is 0 Å². The molecule has 0 saturated carbocycles. The predicted octanol–water partition coefficient (Wildman–Crippen LogP) is 5.93. The van der Waals surface area contributed by atoms with Crippen molar-refractivity contribution in [3.8, 4) is 11.5 Å². The van der Waals surface area contributed by atoms with Crippen LogP contribution in [0.25, 0.3) is 0 Å². The van der Waals surface area contributed by atoms with E-state index in [2.05, 4.69) is 18.4 Å². The van der Waals surface area contributed by atoms with Gasteiger partial charge in [-0.15, -0.1) is 6.58 Å². The molecule has 40 heavy (non-hydrogen) atoms. The van der Waals surface area contributed by atoms with Crippen LogP contribution >= 0.6 is 0 Å². The van der Waals surface area contributed by atoms with Gasteiger partial charge in [0.05, 0.1) is 7.11 Å². The number of hydrogen-bond donors (Lipinski definition) is 0. The SMILES string of the molecule is C=CCc1cc(C2C3=C(CCCC3=O)N(CC)C3=C2C(=O)CCC3)cc(OC)c1OS(=O)(=O)c1ccc(C)cc1. The summed E-state index contributed by atoms with van der Waals surface area (Å²) < 4.78 is 37.9. The van der Waals surface area contributed by atoms with Gasteiger partial charge >= 0.3 is 10.1 Å². The zero-order valence-electron chi connectivity index (χ0n) is 23.3. The monoisotopic (exact) mass is 561 g/mol. The Bertz CT molecular complexity index is 1500. The number of nitrogens with zero attached hydrogens (tertiary/aromatic N) is 1. The van der Waals surface area contributed by atoms with Crippen molar-refractivity contribution < 1.29 is 26.9 Å². The number of allylic oxidation sites excluding steroid dienone is 5. The predicted molar refractivity (Wildman–Crippen MR) is 153 cm³/mol. The molecule has 0 atom stereocenters. The highest BCUT2D eigenvalue weighted by molar-refractivity contribution is 7.87. The normalized spacial score (nSPS) is 18.0. The molecule has 0 fully saturated rings. The average molecular weight is 562 g/mol. The van der Waals surface area contributed by atoms with E-state index >= 15 is 0 Å². The Balaban J connectivity index is 1.69. The summed E-state index contributed by atoms with van der Waals surface area (Å²) in [6, 6.07) is 10.00. The summed E-state index contributed by atoms with van der Waals surface area (Å²) in [5, 5.41) is 0.